The van der Waals surface area contributed by atoms with Gasteiger partial charge in [0.15, 0.2) is 5.54 Å². The van der Waals surface area contributed by atoms with Crippen molar-refractivity contribution in [1.82, 2.24) is 4.90 Å². The van der Waals surface area contributed by atoms with Gasteiger partial charge in [-0.3, -0.25) is 4.90 Å². The van der Waals surface area contributed by atoms with Crippen LogP contribution in [-0.2, 0) is 9.53 Å². The Morgan fingerprint density at radius 3 is 2.44 bits per heavy atom. The van der Waals surface area contributed by atoms with Crippen molar-refractivity contribution in [2.24, 2.45) is 0 Å². The normalized spacial score (nSPS) is 24.6. The van der Waals surface area contributed by atoms with Crippen molar-refractivity contribution >= 4 is 12.1 Å². The maximum atomic E-state index is 11.8. The smallest absolute Gasteiger partial charge is 0.411 e. The van der Waals surface area contributed by atoms with Crippen LogP contribution in [0, 0.1) is 0 Å². The zero-order valence-electron chi connectivity index (χ0n) is 9.98. The number of rotatable bonds is 1. The summed E-state index contributed by atoms with van der Waals surface area (Å²) in [6.07, 6.45) is 2.54. The highest BCUT2D eigenvalue weighted by Gasteiger charge is 2.44. The van der Waals surface area contributed by atoms with Crippen LogP contribution >= 0.6 is 0 Å². The largest absolute Gasteiger partial charge is 0.479 e. The van der Waals surface area contributed by atoms with Crippen LogP contribution in [0.25, 0.3) is 0 Å². The summed E-state index contributed by atoms with van der Waals surface area (Å²) in [6, 6.07) is 0. The Balaban J connectivity index is 2.83. The Morgan fingerprint density at radius 1 is 1.44 bits per heavy atom. The van der Waals surface area contributed by atoms with E-state index in [4.69, 9.17) is 9.84 Å². The summed E-state index contributed by atoms with van der Waals surface area (Å²) in [5, 5.41) is 9.09. The van der Waals surface area contributed by atoms with Gasteiger partial charge in [-0.25, -0.2) is 9.59 Å². The maximum absolute atomic E-state index is 11.8. The molecule has 1 atom stereocenters. The van der Waals surface area contributed by atoms with Gasteiger partial charge in [-0.1, -0.05) is 12.2 Å². The van der Waals surface area contributed by atoms with E-state index >= 15 is 0 Å². The van der Waals surface area contributed by atoms with E-state index in [1.807, 2.05) is 0 Å². The summed E-state index contributed by atoms with van der Waals surface area (Å²) in [5.74, 6) is -1.06. The van der Waals surface area contributed by atoms with E-state index in [0.29, 0.717) is 0 Å². The summed E-state index contributed by atoms with van der Waals surface area (Å²) >= 11 is 0. The molecule has 0 unspecified atom stereocenters. The third kappa shape index (κ3) is 2.35. The molecular formula is C11H17NO4. The molecule has 0 aromatic rings. The average Bonchev–Trinajstić information content (AvgIpc) is 2.45. The summed E-state index contributed by atoms with van der Waals surface area (Å²) in [7, 11) is 0. The van der Waals surface area contributed by atoms with Crippen molar-refractivity contribution in [2.75, 3.05) is 6.54 Å². The number of carbonyl (C=O) groups is 2. The highest BCUT2D eigenvalue weighted by Crippen LogP contribution is 2.25. The van der Waals surface area contributed by atoms with Gasteiger partial charge in [0, 0.05) is 6.54 Å². The Kier molecular flexibility index (Phi) is 2.99. The molecule has 0 aromatic carbocycles. The van der Waals surface area contributed by atoms with Crippen LogP contribution in [0.15, 0.2) is 12.2 Å². The molecule has 90 valence electrons. The third-order valence-corrected chi connectivity index (χ3v) is 2.34. The summed E-state index contributed by atoms with van der Waals surface area (Å²) in [5.41, 5.74) is -1.93. The van der Waals surface area contributed by atoms with Crippen molar-refractivity contribution in [3.05, 3.63) is 12.2 Å². The Hall–Kier alpha value is -1.52. The second-order valence-electron chi connectivity index (χ2n) is 4.95. The standard InChI is InChI=1S/C11H17NO4/c1-10(2,3)16-9(15)12-7-5-6-11(12,4)8(13)14/h5-6H,7H2,1-4H3,(H,13,14)/t11-/m0/s1. The first kappa shape index (κ1) is 12.5. The van der Waals surface area contributed by atoms with Crippen LogP contribution in [0.2, 0.25) is 0 Å². The predicted molar refractivity (Wildman–Crippen MR) is 58.1 cm³/mol. The van der Waals surface area contributed by atoms with Gasteiger partial charge in [-0.05, 0) is 27.7 Å². The van der Waals surface area contributed by atoms with Gasteiger partial charge in [0.2, 0.25) is 0 Å². The summed E-state index contributed by atoms with van der Waals surface area (Å²) in [6.45, 7) is 6.96. The molecule has 0 radical (unpaired) electrons. The molecule has 0 bridgehead atoms. The number of ether oxygens (including phenoxy) is 1. The van der Waals surface area contributed by atoms with Gasteiger partial charge in [-0.15, -0.1) is 0 Å². The Labute approximate surface area is 94.7 Å². The number of carboxylic acids is 1. The van der Waals surface area contributed by atoms with Crippen molar-refractivity contribution in [3.63, 3.8) is 0 Å². The second kappa shape index (κ2) is 3.81. The lowest BCUT2D eigenvalue weighted by molar-refractivity contribution is -0.146. The second-order valence-corrected chi connectivity index (χ2v) is 4.95. The third-order valence-electron chi connectivity index (χ3n) is 2.34. The maximum Gasteiger partial charge on any atom is 0.411 e. The van der Waals surface area contributed by atoms with E-state index in [-0.39, 0.29) is 6.54 Å². The molecular weight excluding hydrogens is 210 g/mol. The minimum absolute atomic E-state index is 0.262. The van der Waals surface area contributed by atoms with Gasteiger partial charge >= 0.3 is 12.1 Å². The van der Waals surface area contributed by atoms with E-state index in [1.54, 1.807) is 26.8 Å². The van der Waals surface area contributed by atoms with Crippen molar-refractivity contribution in [3.8, 4) is 0 Å². The minimum Gasteiger partial charge on any atom is -0.479 e. The fraction of sp³-hybridized carbons (Fsp3) is 0.636. The van der Waals surface area contributed by atoms with Crippen molar-refractivity contribution in [2.45, 2.75) is 38.8 Å². The highest BCUT2D eigenvalue weighted by atomic mass is 16.6. The quantitative estimate of drug-likeness (QED) is 0.691. The summed E-state index contributed by atoms with van der Waals surface area (Å²) in [4.78, 5) is 24.1. The number of hydrogen-bond acceptors (Lipinski definition) is 3. The zero-order valence-corrected chi connectivity index (χ0v) is 9.98. The first-order valence-corrected chi connectivity index (χ1v) is 5.08. The Morgan fingerprint density at radius 2 is 2.00 bits per heavy atom. The van der Waals surface area contributed by atoms with Crippen LogP contribution in [0.3, 0.4) is 0 Å². The van der Waals surface area contributed by atoms with Gasteiger partial charge in [0.25, 0.3) is 0 Å². The number of carbonyl (C=O) groups excluding carboxylic acids is 1. The molecule has 1 aliphatic heterocycles. The SMILES string of the molecule is CC(C)(C)OC(=O)N1CC=C[C@@]1(C)C(=O)O. The first-order valence-electron chi connectivity index (χ1n) is 5.08. The van der Waals surface area contributed by atoms with Crippen LogP contribution in [0.1, 0.15) is 27.7 Å². The van der Waals surface area contributed by atoms with Gasteiger partial charge < -0.3 is 9.84 Å². The van der Waals surface area contributed by atoms with Crippen molar-refractivity contribution in [1.29, 1.82) is 0 Å². The van der Waals surface area contributed by atoms with Gasteiger partial charge in [0.1, 0.15) is 5.60 Å². The van der Waals surface area contributed by atoms with E-state index in [2.05, 4.69) is 0 Å². The van der Waals surface area contributed by atoms with Crippen LogP contribution in [-0.4, -0.2) is 39.8 Å². The molecule has 1 aliphatic rings. The minimum atomic E-state index is -1.30. The molecule has 5 nitrogen and oxygen atoms in total. The van der Waals surface area contributed by atoms with E-state index in [0.717, 1.165) is 0 Å². The molecule has 1 N–H and O–H groups in total. The molecule has 5 heteroatoms. The lowest BCUT2D eigenvalue weighted by Gasteiger charge is -2.32. The molecule has 1 amide bonds. The number of aliphatic carboxylic acids is 1. The topological polar surface area (TPSA) is 66.8 Å². The molecule has 16 heavy (non-hydrogen) atoms. The number of amides is 1. The molecule has 0 aromatic heterocycles. The fourth-order valence-electron chi connectivity index (χ4n) is 1.44. The Bertz CT molecular complexity index is 342. The van der Waals surface area contributed by atoms with Gasteiger partial charge in [-0.2, -0.15) is 0 Å². The lowest BCUT2D eigenvalue weighted by Crippen LogP contribution is -2.52. The van der Waals surface area contributed by atoms with Crippen molar-refractivity contribution < 1.29 is 19.4 Å². The van der Waals surface area contributed by atoms with Gasteiger partial charge in [0.05, 0.1) is 0 Å². The fourth-order valence-corrected chi connectivity index (χ4v) is 1.44. The zero-order chi connectivity index (χ0) is 12.6. The average molecular weight is 227 g/mol. The number of carboxylic acid groups (broad SMARTS) is 1. The molecule has 0 saturated carbocycles. The monoisotopic (exact) mass is 227 g/mol. The first-order chi connectivity index (χ1) is 7.17. The molecule has 1 rings (SSSR count). The lowest BCUT2D eigenvalue weighted by atomic mass is 10.0. The van der Waals surface area contributed by atoms with E-state index in [9.17, 15) is 9.59 Å². The van der Waals surface area contributed by atoms with E-state index < -0.39 is 23.2 Å². The number of hydrogen-bond donors (Lipinski definition) is 1. The highest BCUT2D eigenvalue weighted by molar-refractivity contribution is 5.87. The molecule has 0 saturated heterocycles. The number of nitrogens with zero attached hydrogens (tertiary/aromatic N) is 1. The van der Waals surface area contributed by atoms with E-state index in [1.165, 1.54) is 17.9 Å². The molecule has 0 aliphatic carbocycles. The molecule has 0 spiro atoms. The van der Waals surface area contributed by atoms with Crippen LogP contribution < -0.4 is 0 Å². The molecule has 1 heterocycles. The molecule has 0 fully saturated rings. The predicted octanol–water partition coefficient (Wildman–Crippen LogP) is 1.64. The van der Waals surface area contributed by atoms with Crippen LogP contribution in [0.5, 0.6) is 0 Å². The van der Waals surface area contributed by atoms with Crippen LogP contribution in [0.4, 0.5) is 4.79 Å². The summed E-state index contributed by atoms with van der Waals surface area (Å²) < 4.78 is 5.15.